The minimum Gasteiger partial charge on any atom is -0.440 e. The second kappa shape index (κ2) is 8.39. The number of ether oxygens (including phenoxy) is 1. The molecule has 2 heterocycles. The van der Waals surface area contributed by atoms with Gasteiger partial charge in [0.15, 0.2) is 18.4 Å². The third kappa shape index (κ3) is 4.07. The molecule has 0 spiro atoms. The maximum atomic E-state index is 15.2. The van der Waals surface area contributed by atoms with E-state index in [-0.39, 0.29) is 28.8 Å². The number of amides is 1. The summed E-state index contributed by atoms with van der Waals surface area (Å²) in [6.45, 7) is 1.52. The first-order valence-corrected chi connectivity index (χ1v) is 10.4. The molecular formula is C21H13ClF2IN3O3. The van der Waals surface area contributed by atoms with E-state index in [0.29, 0.717) is 5.69 Å². The molecule has 158 valence electrons. The summed E-state index contributed by atoms with van der Waals surface area (Å²) in [4.78, 5) is 30.1. The SMILES string of the molecule is Cc1cc(I)ccc1N1COC(=O)c2cc(C(=O)Nc3ccc(Cl)nc3)c(F)c(F)c21. The van der Waals surface area contributed by atoms with E-state index >= 15 is 4.39 Å². The molecule has 1 aromatic heterocycles. The molecule has 31 heavy (non-hydrogen) atoms. The molecule has 0 unspecified atom stereocenters. The summed E-state index contributed by atoms with van der Waals surface area (Å²) in [5.41, 5.74) is 0.407. The van der Waals surface area contributed by atoms with Gasteiger partial charge in [0, 0.05) is 9.26 Å². The highest BCUT2D eigenvalue weighted by atomic mass is 127. The molecule has 6 nitrogen and oxygen atoms in total. The molecule has 3 aromatic rings. The number of anilines is 3. The minimum absolute atomic E-state index is 0.206. The van der Waals surface area contributed by atoms with Crippen LogP contribution in [0.3, 0.4) is 0 Å². The third-order valence-electron chi connectivity index (χ3n) is 4.67. The molecule has 1 aliphatic rings. The first-order chi connectivity index (χ1) is 14.8. The Bertz CT molecular complexity index is 1220. The first-order valence-electron chi connectivity index (χ1n) is 8.92. The van der Waals surface area contributed by atoms with Crippen LogP contribution in [0.15, 0.2) is 42.6 Å². The van der Waals surface area contributed by atoms with Crippen LogP contribution in [0.1, 0.15) is 26.3 Å². The number of hydrogen-bond donors (Lipinski definition) is 1. The van der Waals surface area contributed by atoms with Gasteiger partial charge >= 0.3 is 5.97 Å². The lowest BCUT2D eigenvalue weighted by Crippen LogP contribution is -2.33. The molecule has 1 N–H and O–H groups in total. The fourth-order valence-corrected chi connectivity index (χ4v) is 3.99. The summed E-state index contributed by atoms with van der Waals surface area (Å²) in [5, 5.41) is 2.61. The Kier molecular flexibility index (Phi) is 5.80. The monoisotopic (exact) mass is 555 g/mol. The zero-order valence-corrected chi connectivity index (χ0v) is 18.8. The van der Waals surface area contributed by atoms with Gasteiger partial charge in [-0.2, -0.15) is 0 Å². The van der Waals surface area contributed by atoms with Crippen molar-refractivity contribution in [3.63, 3.8) is 0 Å². The molecule has 0 atom stereocenters. The number of cyclic esters (lactones) is 1. The number of aromatic nitrogens is 1. The maximum absolute atomic E-state index is 15.2. The average Bonchev–Trinajstić information content (AvgIpc) is 2.73. The number of fused-ring (bicyclic) bond motifs is 1. The average molecular weight is 556 g/mol. The number of aryl methyl sites for hydroxylation is 1. The predicted molar refractivity (Wildman–Crippen MR) is 120 cm³/mol. The van der Waals surface area contributed by atoms with E-state index < -0.39 is 29.1 Å². The van der Waals surface area contributed by atoms with Crippen molar-refractivity contribution in [3.05, 3.63) is 79.6 Å². The molecular weight excluding hydrogens is 543 g/mol. The van der Waals surface area contributed by atoms with Crippen molar-refractivity contribution in [1.29, 1.82) is 0 Å². The highest BCUT2D eigenvalue weighted by Gasteiger charge is 2.34. The van der Waals surface area contributed by atoms with Crippen molar-refractivity contribution in [1.82, 2.24) is 4.98 Å². The zero-order chi connectivity index (χ0) is 22.3. The van der Waals surface area contributed by atoms with Gasteiger partial charge in [-0.15, -0.1) is 0 Å². The summed E-state index contributed by atoms with van der Waals surface area (Å²) in [6, 6.07) is 9.26. The Labute approximate surface area is 194 Å². The van der Waals surface area contributed by atoms with Gasteiger partial charge < -0.3 is 15.0 Å². The van der Waals surface area contributed by atoms with E-state index in [0.717, 1.165) is 15.2 Å². The third-order valence-corrected chi connectivity index (χ3v) is 5.57. The fourth-order valence-electron chi connectivity index (χ4n) is 3.23. The van der Waals surface area contributed by atoms with Crippen molar-refractivity contribution < 1.29 is 23.1 Å². The quantitative estimate of drug-likeness (QED) is 0.265. The Morgan fingerprint density at radius 2 is 2.00 bits per heavy atom. The van der Waals surface area contributed by atoms with Gasteiger partial charge in [-0.25, -0.2) is 18.6 Å². The Morgan fingerprint density at radius 1 is 1.23 bits per heavy atom. The smallest absolute Gasteiger partial charge is 0.342 e. The zero-order valence-electron chi connectivity index (χ0n) is 15.9. The van der Waals surface area contributed by atoms with Crippen LogP contribution in [0.5, 0.6) is 0 Å². The number of nitrogens with zero attached hydrogens (tertiary/aromatic N) is 2. The Hall–Kier alpha value is -2.79. The predicted octanol–water partition coefficient (Wildman–Crippen LogP) is 5.44. The number of nitrogens with one attached hydrogen (secondary N) is 1. The van der Waals surface area contributed by atoms with E-state index in [2.05, 4.69) is 32.9 Å². The van der Waals surface area contributed by atoms with Gasteiger partial charge in [-0.1, -0.05) is 11.6 Å². The van der Waals surface area contributed by atoms with Gasteiger partial charge in [0.05, 0.1) is 28.7 Å². The van der Waals surface area contributed by atoms with Crippen molar-refractivity contribution in [2.75, 3.05) is 16.9 Å². The lowest BCUT2D eigenvalue weighted by molar-refractivity contribution is 0.0491. The molecule has 4 rings (SSSR count). The van der Waals surface area contributed by atoms with E-state index in [9.17, 15) is 14.0 Å². The van der Waals surface area contributed by atoms with Crippen LogP contribution in [-0.4, -0.2) is 23.6 Å². The summed E-state index contributed by atoms with van der Waals surface area (Å²) in [7, 11) is 0. The van der Waals surface area contributed by atoms with Crippen molar-refractivity contribution in [2.45, 2.75) is 6.92 Å². The van der Waals surface area contributed by atoms with Crippen molar-refractivity contribution in [2.24, 2.45) is 0 Å². The molecule has 10 heteroatoms. The normalized spacial score (nSPS) is 12.9. The molecule has 1 amide bonds. The van der Waals surface area contributed by atoms with E-state index in [1.165, 1.54) is 23.2 Å². The van der Waals surface area contributed by atoms with Crippen LogP contribution in [0, 0.1) is 22.1 Å². The summed E-state index contributed by atoms with van der Waals surface area (Å²) in [5.74, 6) is -4.48. The highest BCUT2D eigenvalue weighted by molar-refractivity contribution is 14.1. The van der Waals surface area contributed by atoms with Crippen LogP contribution in [-0.2, 0) is 4.74 Å². The standard InChI is InChI=1S/C21H13ClF2IN3O3/c1-10-6-11(25)2-4-15(10)28-9-31-21(30)14-7-13(17(23)18(24)19(14)28)20(29)27-12-3-5-16(22)26-8-12/h2-8H,9H2,1H3,(H,27,29). The van der Waals surface area contributed by atoms with Crippen molar-refractivity contribution >= 4 is 63.1 Å². The second-order valence-corrected chi connectivity index (χ2v) is 8.32. The number of halogens is 4. The van der Waals surface area contributed by atoms with E-state index in [1.54, 1.807) is 12.1 Å². The Balaban J connectivity index is 1.78. The summed E-state index contributed by atoms with van der Waals surface area (Å²) >= 11 is 7.84. The largest absolute Gasteiger partial charge is 0.440 e. The minimum atomic E-state index is -1.37. The number of esters is 1. The summed E-state index contributed by atoms with van der Waals surface area (Å²) < 4.78 is 36.2. The lowest BCUT2D eigenvalue weighted by atomic mass is 10.0. The number of carbonyl (C=O) groups is 2. The Morgan fingerprint density at radius 3 is 2.68 bits per heavy atom. The molecule has 0 aliphatic carbocycles. The van der Waals surface area contributed by atoms with Crippen LogP contribution in [0.25, 0.3) is 0 Å². The van der Waals surface area contributed by atoms with Crippen LogP contribution in [0.4, 0.5) is 25.8 Å². The fraction of sp³-hybridized carbons (Fsp3) is 0.0952. The van der Waals surface area contributed by atoms with Gasteiger partial charge in [-0.05, 0) is 71.5 Å². The molecule has 0 fully saturated rings. The topological polar surface area (TPSA) is 71.5 Å². The van der Waals surface area contributed by atoms with Gasteiger partial charge in [0.1, 0.15) is 5.15 Å². The maximum Gasteiger partial charge on any atom is 0.342 e. The highest BCUT2D eigenvalue weighted by Crippen LogP contribution is 2.38. The van der Waals surface area contributed by atoms with Crippen LogP contribution in [0.2, 0.25) is 5.15 Å². The second-order valence-electron chi connectivity index (χ2n) is 6.69. The number of hydrogen-bond acceptors (Lipinski definition) is 5. The molecule has 0 saturated heterocycles. The van der Waals surface area contributed by atoms with Crippen LogP contribution < -0.4 is 10.2 Å². The van der Waals surface area contributed by atoms with Crippen LogP contribution >= 0.6 is 34.2 Å². The van der Waals surface area contributed by atoms with E-state index in [4.69, 9.17) is 16.3 Å². The lowest BCUT2D eigenvalue weighted by Gasteiger charge is -2.32. The first kappa shape index (κ1) is 21.4. The van der Waals surface area contributed by atoms with Gasteiger partial charge in [-0.3, -0.25) is 4.79 Å². The number of rotatable bonds is 3. The van der Waals surface area contributed by atoms with E-state index in [1.807, 2.05) is 13.0 Å². The number of carbonyl (C=O) groups excluding carboxylic acids is 2. The van der Waals surface area contributed by atoms with Gasteiger partial charge in [0.25, 0.3) is 5.91 Å². The molecule has 0 radical (unpaired) electrons. The molecule has 1 aliphatic heterocycles. The number of pyridine rings is 1. The summed E-state index contributed by atoms with van der Waals surface area (Å²) in [6.07, 6.45) is 1.27. The molecule has 0 bridgehead atoms. The van der Waals surface area contributed by atoms with Crippen molar-refractivity contribution in [3.8, 4) is 0 Å². The van der Waals surface area contributed by atoms with Gasteiger partial charge in [0.2, 0.25) is 0 Å². The molecule has 2 aromatic carbocycles. The number of benzene rings is 2. The molecule has 0 saturated carbocycles.